The molecule has 2 aromatic rings. The summed E-state index contributed by atoms with van der Waals surface area (Å²) in [5.41, 5.74) is 1.65. The van der Waals surface area contributed by atoms with Crippen LogP contribution in [0.2, 0.25) is 5.15 Å². The lowest BCUT2D eigenvalue weighted by Crippen LogP contribution is -2.29. The Hall–Kier alpha value is -0.910. The first kappa shape index (κ1) is 13.5. The number of fused-ring (bicyclic) bond motifs is 1. The molecular weight excluding hydrogens is 273 g/mol. The second kappa shape index (κ2) is 5.82. The first-order valence-electron chi connectivity index (χ1n) is 5.88. The minimum absolute atomic E-state index is 0. The molecule has 0 radical (unpaired) electrons. The summed E-state index contributed by atoms with van der Waals surface area (Å²) in [7, 11) is 0. The van der Waals surface area contributed by atoms with Crippen LogP contribution in [0.1, 0.15) is 12.8 Å². The Morgan fingerprint density at radius 2 is 2.11 bits per heavy atom. The molecule has 0 unspecified atom stereocenters. The van der Waals surface area contributed by atoms with Gasteiger partial charge in [0.05, 0.1) is 6.33 Å². The highest BCUT2D eigenvalue weighted by Gasteiger charge is 2.15. The molecule has 3 heterocycles. The Morgan fingerprint density at radius 1 is 1.33 bits per heavy atom. The van der Waals surface area contributed by atoms with E-state index < -0.39 is 0 Å². The molecule has 0 aromatic carbocycles. The highest BCUT2D eigenvalue weighted by atomic mass is 35.5. The average Bonchev–Trinajstić information content (AvgIpc) is 2.73. The highest BCUT2D eigenvalue weighted by Crippen LogP contribution is 2.18. The van der Waals surface area contributed by atoms with E-state index >= 15 is 0 Å². The Bertz CT molecular complexity index is 521. The monoisotopic (exact) mass is 287 g/mol. The van der Waals surface area contributed by atoms with Crippen LogP contribution in [0.5, 0.6) is 0 Å². The van der Waals surface area contributed by atoms with Crippen molar-refractivity contribution in [3.8, 4) is 0 Å². The van der Waals surface area contributed by atoms with Crippen molar-refractivity contribution in [2.75, 3.05) is 13.1 Å². The SMILES string of the molecule is Cl.Clc1cc2ncn(CC3CCNCC3)c2nn1. The van der Waals surface area contributed by atoms with Crippen molar-refractivity contribution in [3.63, 3.8) is 0 Å². The number of piperidine rings is 1. The first-order chi connectivity index (χ1) is 8.33. The van der Waals surface area contributed by atoms with Gasteiger partial charge in [0.2, 0.25) is 0 Å². The lowest BCUT2D eigenvalue weighted by molar-refractivity contribution is 0.335. The quantitative estimate of drug-likeness (QED) is 0.917. The minimum Gasteiger partial charge on any atom is -0.317 e. The molecule has 5 nitrogen and oxygen atoms in total. The number of hydrogen-bond acceptors (Lipinski definition) is 4. The average molecular weight is 288 g/mol. The Kier molecular flexibility index (Phi) is 4.37. The van der Waals surface area contributed by atoms with Gasteiger partial charge in [0.1, 0.15) is 5.52 Å². The van der Waals surface area contributed by atoms with E-state index in [0.717, 1.165) is 30.8 Å². The van der Waals surface area contributed by atoms with E-state index in [1.165, 1.54) is 12.8 Å². The molecule has 0 bridgehead atoms. The van der Waals surface area contributed by atoms with Crippen LogP contribution < -0.4 is 5.32 Å². The van der Waals surface area contributed by atoms with Crippen LogP contribution in [-0.2, 0) is 6.54 Å². The summed E-state index contributed by atoms with van der Waals surface area (Å²) in [5, 5.41) is 11.7. The molecule has 1 aliphatic heterocycles. The van der Waals surface area contributed by atoms with Crippen LogP contribution in [0.4, 0.5) is 0 Å². The van der Waals surface area contributed by atoms with E-state index in [0.29, 0.717) is 11.1 Å². The predicted octanol–water partition coefficient (Wildman–Crippen LogP) is 1.90. The highest BCUT2D eigenvalue weighted by molar-refractivity contribution is 6.29. The predicted molar refractivity (Wildman–Crippen MR) is 73.2 cm³/mol. The van der Waals surface area contributed by atoms with E-state index in [4.69, 9.17) is 11.6 Å². The second-order valence-corrected chi connectivity index (χ2v) is 4.85. The second-order valence-electron chi connectivity index (χ2n) is 4.47. The van der Waals surface area contributed by atoms with E-state index in [1.54, 1.807) is 6.07 Å². The fourth-order valence-electron chi connectivity index (χ4n) is 2.31. The van der Waals surface area contributed by atoms with Crippen molar-refractivity contribution in [2.45, 2.75) is 19.4 Å². The van der Waals surface area contributed by atoms with Crippen molar-refractivity contribution < 1.29 is 0 Å². The Labute approximate surface area is 116 Å². The van der Waals surface area contributed by atoms with Gasteiger partial charge in [-0.2, -0.15) is 0 Å². The number of rotatable bonds is 2. The number of halogens is 2. The normalized spacial score (nSPS) is 16.7. The van der Waals surface area contributed by atoms with Gasteiger partial charge < -0.3 is 9.88 Å². The van der Waals surface area contributed by atoms with Gasteiger partial charge in [-0.05, 0) is 31.8 Å². The largest absolute Gasteiger partial charge is 0.317 e. The summed E-state index contributed by atoms with van der Waals surface area (Å²) in [4.78, 5) is 4.31. The standard InChI is InChI=1S/C11H14ClN5.ClH/c12-10-5-9-11(16-15-10)17(7-14-9)6-8-1-3-13-4-2-8;/h5,7-8,13H,1-4,6H2;1H. The van der Waals surface area contributed by atoms with Gasteiger partial charge in [-0.15, -0.1) is 22.6 Å². The molecule has 0 amide bonds. The topological polar surface area (TPSA) is 55.6 Å². The van der Waals surface area contributed by atoms with Crippen molar-refractivity contribution >= 4 is 35.2 Å². The van der Waals surface area contributed by atoms with Crippen LogP contribution in [-0.4, -0.2) is 32.8 Å². The Balaban J connectivity index is 0.00000120. The maximum Gasteiger partial charge on any atom is 0.182 e. The third-order valence-corrected chi connectivity index (χ3v) is 3.43. The molecule has 0 atom stereocenters. The van der Waals surface area contributed by atoms with Gasteiger partial charge in [-0.25, -0.2) is 4.98 Å². The van der Waals surface area contributed by atoms with Gasteiger partial charge in [0.15, 0.2) is 10.8 Å². The molecule has 1 aliphatic rings. The molecule has 0 saturated carbocycles. The van der Waals surface area contributed by atoms with Crippen LogP contribution in [0.25, 0.3) is 11.2 Å². The van der Waals surface area contributed by atoms with E-state index in [2.05, 4.69) is 25.1 Å². The maximum atomic E-state index is 5.79. The molecule has 0 aliphatic carbocycles. The summed E-state index contributed by atoms with van der Waals surface area (Å²) < 4.78 is 2.08. The van der Waals surface area contributed by atoms with Crippen molar-refractivity contribution in [1.82, 2.24) is 25.1 Å². The third-order valence-electron chi connectivity index (χ3n) is 3.25. The molecule has 1 saturated heterocycles. The molecule has 2 aromatic heterocycles. The van der Waals surface area contributed by atoms with Crippen LogP contribution in [0.3, 0.4) is 0 Å². The van der Waals surface area contributed by atoms with Crippen LogP contribution in [0.15, 0.2) is 12.4 Å². The molecule has 18 heavy (non-hydrogen) atoms. The van der Waals surface area contributed by atoms with Gasteiger partial charge in [0.25, 0.3) is 0 Å². The van der Waals surface area contributed by atoms with Crippen molar-refractivity contribution in [3.05, 3.63) is 17.5 Å². The summed E-state index contributed by atoms with van der Waals surface area (Å²) >= 11 is 5.79. The van der Waals surface area contributed by atoms with Gasteiger partial charge >= 0.3 is 0 Å². The fourth-order valence-corrected chi connectivity index (χ4v) is 2.46. The first-order valence-corrected chi connectivity index (χ1v) is 6.25. The van der Waals surface area contributed by atoms with E-state index in [-0.39, 0.29) is 12.4 Å². The molecule has 1 fully saturated rings. The summed E-state index contributed by atoms with van der Waals surface area (Å²) in [6, 6.07) is 1.75. The lowest BCUT2D eigenvalue weighted by atomic mass is 9.98. The van der Waals surface area contributed by atoms with Crippen molar-refractivity contribution in [2.24, 2.45) is 5.92 Å². The van der Waals surface area contributed by atoms with Gasteiger partial charge in [-0.1, -0.05) is 11.6 Å². The minimum atomic E-state index is 0. The maximum absolute atomic E-state index is 5.79. The Morgan fingerprint density at radius 3 is 2.89 bits per heavy atom. The van der Waals surface area contributed by atoms with Crippen LogP contribution in [0, 0.1) is 5.92 Å². The number of nitrogens with one attached hydrogen (secondary N) is 1. The molecule has 1 N–H and O–H groups in total. The smallest absolute Gasteiger partial charge is 0.182 e. The van der Waals surface area contributed by atoms with Crippen LogP contribution >= 0.6 is 24.0 Å². The molecular formula is C11H15Cl2N5. The number of imidazole rings is 1. The number of hydrogen-bond donors (Lipinski definition) is 1. The van der Waals surface area contributed by atoms with Crippen molar-refractivity contribution in [1.29, 1.82) is 0 Å². The molecule has 7 heteroatoms. The number of aromatic nitrogens is 4. The number of nitrogens with zero attached hydrogens (tertiary/aromatic N) is 4. The zero-order valence-electron chi connectivity index (χ0n) is 9.84. The van der Waals surface area contributed by atoms with Gasteiger partial charge in [0, 0.05) is 12.6 Å². The molecule has 98 valence electrons. The lowest BCUT2D eigenvalue weighted by Gasteiger charge is -2.22. The fraction of sp³-hybridized carbons (Fsp3) is 0.545. The molecule has 3 rings (SSSR count). The van der Waals surface area contributed by atoms with Gasteiger partial charge in [-0.3, -0.25) is 0 Å². The zero-order valence-corrected chi connectivity index (χ0v) is 11.4. The van der Waals surface area contributed by atoms with E-state index in [1.807, 2.05) is 6.33 Å². The summed E-state index contributed by atoms with van der Waals surface area (Å²) in [6.07, 6.45) is 4.25. The summed E-state index contributed by atoms with van der Waals surface area (Å²) in [6.45, 7) is 3.18. The summed E-state index contributed by atoms with van der Waals surface area (Å²) in [5.74, 6) is 0.700. The molecule has 0 spiro atoms. The zero-order chi connectivity index (χ0) is 11.7. The van der Waals surface area contributed by atoms with E-state index in [9.17, 15) is 0 Å². The third kappa shape index (κ3) is 2.74.